The molecule has 0 aromatic heterocycles. The Hall–Kier alpha value is -0.467. The summed E-state index contributed by atoms with van der Waals surface area (Å²) in [6.45, 7) is 11.6. The van der Waals surface area contributed by atoms with Crippen LogP contribution >= 0.6 is 0 Å². The van der Waals surface area contributed by atoms with Crippen molar-refractivity contribution in [3.8, 4) is 0 Å². The molecule has 16 heavy (non-hydrogen) atoms. The second-order valence-electron chi connectivity index (χ2n) is 2.62. The first-order valence-corrected chi connectivity index (χ1v) is 7.84. The van der Waals surface area contributed by atoms with Crippen molar-refractivity contribution in [1.29, 1.82) is 0 Å². The Balaban J connectivity index is -0.000000289. The molecule has 1 N–H and O–H groups in total. The molecule has 0 saturated carbocycles. The number of alkyl carbamates (subject to hydrolysis) is 1. The Morgan fingerprint density at radius 1 is 1.62 bits per heavy atom. The Bertz CT molecular complexity index is 159. The van der Waals surface area contributed by atoms with Crippen molar-refractivity contribution < 1.29 is 29.1 Å². The fourth-order valence-electron chi connectivity index (χ4n) is 0.709. The summed E-state index contributed by atoms with van der Waals surface area (Å²) in [6, 6.07) is 1.28. The topological polar surface area (TPSA) is 55.4 Å². The third kappa shape index (κ3) is 29.2. The van der Waals surface area contributed by atoms with Crippen molar-refractivity contribution in [2.24, 2.45) is 0 Å². The number of carbonyl (C=O) groups excluding carboxylic acids is 1. The summed E-state index contributed by atoms with van der Waals surface area (Å²) in [6.07, 6.45) is 3.23. The number of rotatable bonds is 5. The van der Waals surface area contributed by atoms with E-state index in [2.05, 4.69) is 51.8 Å². The van der Waals surface area contributed by atoms with Crippen LogP contribution < -0.4 is 5.32 Å². The molecular weight excluding hydrogens is 269 g/mol. The van der Waals surface area contributed by atoms with Gasteiger partial charge in [0.05, 0.1) is 0 Å². The fraction of sp³-hybridized carbons (Fsp3) is 0.600. The molecule has 0 saturated heterocycles. The minimum atomic E-state index is -0.349. The first-order valence-electron chi connectivity index (χ1n) is 5.00. The summed E-state index contributed by atoms with van der Waals surface area (Å²) in [5.41, 5.74) is 0. The van der Waals surface area contributed by atoms with Crippen molar-refractivity contribution in [2.45, 2.75) is 25.9 Å². The zero-order valence-corrected chi connectivity index (χ0v) is 12.5. The van der Waals surface area contributed by atoms with E-state index in [9.17, 15) is 4.79 Å². The first-order chi connectivity index (χ1) is 7.72. The Kier molecular flexibility index (Phi) is 31.3. The molecule has 0 aliphatic rings. The third-order valence-electron chi connectivity index (χ3n) is 1.28. The zero-order valence-electron chi connectivity index (χ0n) is 10.0. The normalized spacial score (nSPS) is 8.25. The summed E-state index contributed by atoms with van der Waals surface area (Å²) in [7, 11) is 0.153. The van der Waals surface area contributed by atoms with Gasteiger partial charge in [0, 0.05) is 16.1 Å². The van der Waals surface area contributed by atoms with E-state index in [1.165, 1.54) is 6.04 Å². The molecule has 4 nitrogen and oxygen atoms in total. The molecule has 0 unspecified atom stereocenters. The second kappa shape index (κ2) is 24.0. The van der Waals surface area contributed by atoms with E-state index in [0.717, 1.165) is 13.0 Å². The van der Waals surface area contributed by atoms with Gasteiger partial charge in [0.2, 0.25) is 0 Å². The summed E-state index contributed by atoms with van der Waals surface area (Å²) in [5, 5.41) is 2.64. The SMILES string of the molecule is C=[C-]C.[CH2-]COC(=O)NCCC[SiH2]C.[O]=[Co]. The number of hydrogen-bond acceptors (Lipinski definition) is 3. The van der Waals surface area contributed by atoms with Crippen LogP contribution in [0.2, 0.25) is 12.6 Å². The van der Waals surface area contributed by atoms with Crippen LogP contribution in [-0.2, 0) is 24.3 Å². The van der Waals surface area contributed by atoms with Gasteiger partial charge in [-0.3, -0.25) is 6.58 Å². The predicted octanol–water partition coefficient (Wildman–Crippen LogP) is 1.45. The molecule has 99 valence electrons. The van der Waals surface area contributed by atoms with Gasteiger partial charge in [0.25, 0.3) is 0 Å². The molecular formula is C10H21CoNO3Si-2. The van der Waals surface area contributed by atoms with Crippen LogP contribution in [0.15, 0.2) is 6.58 Å². The van der Waals surface area contributed by atoms with Gasteiger partial charge in [0.1, 0.15) is 0 Å². The molecule has 6 heteroatoms. The van der Waals surface area contributed by atoms with Crippen LogP contribution in [0.3, 0.4) is 0 Å². The third-order valence-corrected chi connectivity index (χ3v) is 2.49. The van der Waals surface area contributed by atoms with E-state index in [4.69, 9.17) is 3.87 Å². The number of carbonyl (C=O) groups is 1. The van der Waals surface area contributed by atoms with Crippen molar-refractivity contribution in [3.05, 3.63) is 19.6 Å². The van der Waals surface area contributed by atoms with E-state index < -0.39 is 0 Å². The monoisotopic (exact) mass is 290 g/mol. The predicted molar refractivity (Wildman–Crippen MR) is 63.8 cm³/mol. The fourth-order valence-corrected chi connectivity index (χ4v) is 1.46. The van der Waals surface area contributed by atoms with Crippen molar-refractivity contribution in [2.75, 3.05) is 13.2 Å². The van der Waals surface area contributed by atoms with Crippen LogP contribution in [0.1, 0.15) is 13.3 Å². The number of hydrogen-bond donors (Lipinski definition) is 1. The van der Waals surface area contributed by atoms with Crippen molar-refractivity contribution in [1.82, 2.24) is 5.32 Å². The Morgan fingerprint density at radius 2 is 2.12 bits per heavy atom. The molecule has 0 bridgehead atoms. The molecule has 0 aromatic carbocycles. The minimum absolute atomic E-state index is 0.153. The first kappa shape index (κ1) is 20.9. The van der Waals surface area contributed by atoms with E-state index >= 15 is 0 Å². The van der Waals surface area contributed by atoms with Crippen LogP contribution in [-0.4, -0.2) is 28.8 Å². The van der Waals surface area contributed by atoms with E-state index in [1.807, 2.05) is 0 Å². The van der Waals surface area contributed by atoms with Crippen molar-refractivity contribution >= 4 is 15.6 Å². The maximum absolute atomic E-state index is 10.6. The molecule has 0 aliphatic carbocycles. The van der Waals surface area contributed by atoms with Crippen LogP contribution in [0.5, 0.6) is 0 Å². The van der Waals surface area contributed by atoms with E-state index in [-0.39, 0.29) is 22.2 Å². The molecule has 0 rings (SSSR count). The number of allylic oxidation sites excluding steroid dienone is 1. The molecule has 0 spiro atoms. The molecule has 0 atom stereocenters. The summed E-state index contributed by atoms with van der Waals surface area (Å²) < 4.78 is 12.5. The van der Waals surface area contributed by atoms with Crippen LogP contribution in [0.4, 0.5) is 4.79 Å². The molecule has 0 radical (unpaired) electrons. The molecule has 0 fully saturated rings. The zero-order chi connectivity index (χ0) is 13.2. The van der Waals surface area contributed by atoms with Gasteiger partial charge >= 0.3 is 25.6 Å². The van der Waals surface area contributed by atoms with Gasteiger partial charge < -0.3 is 23.1 Å². The second-order valence-corrected chi connectivity index (χ2v) is 4.33. The van der Waals surface area contributed by atoms with Crippen LogP contribution in [0.25, 0.3) is 0 Å². The average molecular weight is 290 g/mol. The molecule has 1 amide bonds. The summed E-state index contributed by atoms with van der Waals surface area (Å²) in [5.74, 6) is 0. The number of amides is 1. The van der Waals surface area contributed by atoms with Gasteiger partial charge in [-0.15, -0.1) is 0 Å². The maximum atomic E-state index is 10.6. The average Bonchev–Trinajstić information content (AvgIpc) is 2.29. The van der Waals surface area contributed by atoms with Gasteiger partial charge in [-0.2, -0.15) is 6.92 Å². The van der Waals surface area contributed by atoms with E-state index in [1.54, 1.807) is 6.92 Å². The molecule has 0 aliphatic heterocycles. The summed E-state index contributed by atoms with van der Waals surface area (Å²) >= 11 is 2.31. The quantitative estimate of drug-likeness (QED) is 0.473. The Labute approximate surface area is 109 Å². The van der Waals surface area contributed by atoms with Gasteiger partial charge in [-0.25, -0.2) is 4.79 Å². The number of nitrogens with one attached hydrogen (secondary N) is 1. The van der Waals surface area contributed by atoms with Crippen molar-refractivity contribution in [3.63, 3.8) is 0 Å². The molecule has 0 aromatic rings. The Morgan fingerprint density at radius 3 is 2.50 bits per heavy atom. The standard InChI is InChI=1S/C7H16NO2Si.C3H5.Co.O/c1-3-10-7(9)8-5-4-6-11-2;1-3-2;;/h1,3-6,11H2,2H3,(H,8,9);1H2,2H3;;/q2*-1;;. The van der Waals surface area contributed by atoms with Crippen LogP contribution in [0, 0.1) is 13.0 Å². The van der Waals surface area contributed by atoms with Gasteiger partial charge in [0.15, 0.2) is 0 Å². The van der Waals surface area contributed by atoms with E-state index in [0.29, 0.717) is 0 Å². The van der Waals surface area contributed by atoms with Gasteiger partial charge in [-0.05, 0) is 13.0 Å². The molecule has 0 heterocycles. The summed E-state index contributed by atoms with van der Waals surface area (Å²) in [4.78, 5) is 10.6. The van der Waals surface area contributed by atoms with Gasteiger partial charge in [-0.1, -0.05) is 12.6 Å². The number of ether oxygens (including phenoxy) is 1.